The number of nitrogens with zero attached hydrogens (tertiary/aromatic N) is 2. The Hall–Kier alpha value is -1.08. The number of esters is 1. The second-order valence-electron chi connectivity index (χ2n) is 4.32. The van der Waals surface area contributed by atoms with Crippen molar-refractivity contribution in [2.45, 2.75) is 12.8 Å². The van der Waals surface area contributed by atoms with E-state index in [-0.39, 0.29) is 5.97 Å². The van der Waals surface area contributed by atoms with E-state index in [2.05, 4.69) is 9.72 Å². The molecule has 110 valence electrons. The fourth-order valence-electron chi connectivity index (χ4n) is 1.99. The standard InChI is InChI=1S/C13H10Cl2N2O2S2/c1-19-11(18)3-2-7-6-20-13-16-9(5-17(7)13)8-4-10(14)21-12(8)15/h4-6H,2-3H2,1H3. The predicted octanol–water partition coefficient (Wildman–Crippen LogP) is 4.54. The highest BCUT2D eigenvalue weighted by Crippen LogP contribution is 2.38. The van der Waals surface area contributed by atoms with Gasteiger partial charge in [0.15, 0.2) is 4.96 Å². The first kappa shape index (κ1) is 14.8. The third-order valence-corrected chi connectivity index (χ3v) is 5.41. The highest BCUT2D eigenvalue weighted by atomic mass is 35.5. The first-order chi connectivity index (χ1) is 10.1. The maximum Gasteiger partial charge on any atom is 0.305 e. The second-order valence-corrected chi connectivity index (χ2v) is 7.44. The molecular formula is C13H10Cl2N2O2S2. The van der Waals surface area contributed by atoms with Crippen molar-refractivity contribution < 1.29 is 9.53 Å². The molecule has 3 rings (SSSR count). The fourth-order valence-corrected chi connectivity index (χ4v) is 4.37. The van der Waals surface area contributed by atoms with E-state index in [9.17, 15) is 4.79 Å². The molecule has 0 aromatic carbocycles. The van der Waals surface area contributed by atoms with Crippen LogP contribution in [0.2, 0.25) is 8.67 Å². The van der Waals surface area contributed by atoms with Crippen LogP contribution in [-0.4, -0.2) is 22.5 Å². The first-order valence-electron chi connectivity index (χ1n) is 6.06. The van der Waals surface area contributed by atoms with Gasteiger partial charge in [0, 0.05) is 22.8 Å². The summed E-state index contributed by atoms with van der Waals surface area (Å²) in [6.07, 6.45) is 2.88. The van der Waals surface area contributed by atoms with Crippen molar-refractivity contribution in [1.29, 1.82) is 0 Å². The number of methoxy groups -OCH3 is 1. The molecule has 0 amide bonds. The number of hydrogen-bond acceptors (Lipinski definition) is 5. The largest absolute Gasteiger partial charge is 0.469 e. The van der Waals surface area contributed by atoms with Crippen LogP contribution in [0.3, 0.4) is 0 Å². The number of thiazole rings is 1. The minimum absolute atomic E-state index is 0.220. The molecule has 3 aromatic rings. The van der Waals surface area contributed by atoms with Gasteiger partial charge in [0.2, 0.25) is 0 Å². The van der Waals surface area contributed by atoms with Crippen LogP contribution in [-0.2, 0) is 16.0 Å². The molecule has 0 saturated carbocycles. The Balaban J connectivity index is 1.92. The molecule has 3 heterocycles. The average Bonchev–Trinajstić information content (AvgIpc) is 3.10. The molecule has 0 saturated heterocycles. The lowest BCUT2D eigenvalue weighted by molar-refractivity contribution is -0.140. The Bertz CT molecular complexity index is 806. The van der Waals surface area contributed by atoms with E-state index in [4.69, 9.17) is 23.2 Å². The molecule has 0 atom stereocenters. The van der Waals surface area contributed by atoms with Gasteiger partial charge in [0.25, 0.3) is 0 Å². The normalized spacial score (nSPS) is 11.2. The molecule has 0 aliphatic carbocycles. The number of carbonyl (C=O) groups is 1. The lowest BCUT2D eigenvalue weighted by atomic mass is 10.2. The first-order valence-corrected chi connectivity index (χ1v) is 8.51. The summed E-state index contributed by atoms with van der Waals surface area (Å²) in [7, 11) is 1.39. The van der Waals surface area contributed by atoms with Gasteiger partial charge in [-0.05, 0) is 12.5 Å². The molecule has 4 nitrogen and oxygen atoms in total. The lowest BCUT2D eigenvalue weighted by Crippen LogP contribution is -2.02. The quantitative estimate of drug-likeness (QED) is 0.641. The van der Waals surface area contributed by atoms with Crippen LogP contribution in [0, 0.1) is 0 Å². The van der Waals surface area contributed by atoms with Crippen molar-refractivity contribution in [2.24, 2.45) is 0 Å². The molecule has 0 N–H and O–H groups in total. The molecule has 0 bridgehead atoms. The van der Waals surface area contributed by atoms with Gasteiger partial charge in [0.1, 0.15) is 4.34 Å². The molecule has 0 aliphatic rings. The zero-order chi connectivity index (χ0) is 15.0. The van der Waals surface area contributed by atoms with E-state index in [0.29, 0.717) is 21.5 Å². The van der Waals surface area contributed by atoms with Crippen LogP contribution in [0.15, 0.2) is 17.6 Å². The Morgan fingerprint density at radius 2 is 2.29 bits per heavy atom. The maximum absolute atomic E-state index is 11.2. The summed E-state index contributed by atoms with van der Waals surface area (Å²) in [4.78, 5) is 16.7. The Morgan fingerprint density at radius 3 is 2.95 bits per heavy atom. The van der Waals surface area contributed by atoms with E-state index in [1.165, 1.54) is 29.8 Å². The SMILES string of the molecule is COC(=O)CCc1csc2nc(-c3cc(Cl)sc3Cl)cn12. The molecular weight excluding hydrogens is 351 g/mol. The van der Waals surface area contributed by atoms with Crippen molar-refractivity contribution in [3.63, 3.8) is 0 Å². The Labute approximate surface area is 138 Å². The van der Waals surface area contributed by atoms with Gasteiger partial charge in [-0.1, -0.05) is 23.2 Å². The second kappa shape index (κ2) is 5.96. The van der Waals surface area contributed by atoms with Crippen molar-refractivity contribution >= 4 is 56.8 Å². The summed E-state index contributed by atoms with van der Waals surface area (Å²) < 4.78 is 7.90. The zero-order valence-electron chi connectivity index (χ0n) is 10.9. The molecule has 8 heteroatoms. The number of hydrogen-bond donors (Lipinski definition) is 0. The predicted molar refractivity (Wildman–Crippen MR) is 86.7 cm³/mol. The number of carbonyl (C=O) groups excluding carboxylic acids is 1. The van der Waals surface area contributed by atoms with Crippen LogP contribution >= 0.6 is 45.9 Å². The number of halogens is 2. The zero-order valence-corrected chi connectivity index (χ0v) is 14.1. The summed E-state index contributed by atoms with van der Waals surface area (Å²) in [6.45, 7) is 0. The van der Waals surface area contributed by atoms with Crippen LogP contribution in [0.25, 0.3) is 16.2 Å². The van der Waals surface area contributed by atoms with Crippen LogP contribution < -0.4 is 0 Å². The molecule has 0 radical (unpaired) electrons. The fraction of sp³-hybridized carbons (Fsp3) is 0.231. The maximum atomic E-state index is 11.2. The topological polar surface area (TPSA) is 43.6 Å². The molecule has 0 unspecified atom stereocenters. The monoisotopic (exact) mass is 360 g/mol. The molecule has 3 aromatic heterocycles. The van der Waals surface area contributed by atoms with Gasteiger partial charge >= 0.3 is 5.97 Å². The van der Waals surface area contributed by atoms with Crippen molar-refractivity contribution in [1.82, 2.24) is 9.38 Å². The number of aromatic nitrogens is 2. The number of imidazole rings is 1. The molecule has 21 heavy (non-hydrogen) atoms. The minimum Gasteiger partial charge on any atom is -0.469 e. The summed E-state index contributed by atoms with van der Waals surface area (Å²) in [6, 6.07) is 1.81. The third kappa shape index (κ3) is 2.94. The van der Waals surface area contributed by atoms with Crippen LogP contribution in [0.4, 0.5) is 0 Å². The molecule has 0 fully saturated rings. The molecule has 0 spiro atoms. The summed E-state index contributed by atoms with van der Waals surface area (Å²) in [5, 5.41) is 2.00. The highest BCUT2D eigenvalue weighted by Gasteiger charge is 2.15. The van der Waals surface area contributed by atoms with Gasteiger partial charge in [-0.3, -0.25) is 9.20 Å². The van der Waals surface area contributed by atoms with E-state index >= 15 is 0 Å². The van der Waals surface area contributed by atoms with Crippen LogP contribution in [0.5, 0.6) is 0 Å². The summed E-state index contributed by atoms with van der Waals surface area (Å²) >= 11 is 15.0. The Morgan fingerprint density at radius 1 is 1.48 bits per heavy atom. The van der Waals surface area contributed by atoms with Gasteiger partial charge in [-0.15, -0.1) is 22.7 Å². The van der Waals surface area contributed by atoms with E-state index < -0.39 is 0 Å². The van der Waals surface area contributed by atoms with Gasteiger partial charge in [0.05, 0.1) is 23.6 Å². The van der Waals surface area contributed by atoms with E-state index in [1.54, 1.807) is 0 Å². The Kier molecular flexibility index (Phi) is 4.21. The van der Waals surface area contributed by atoms with Crippen molar-refractivity contribution in [3.8, 4) is 11.3 Å². The highest BCUT2D eigenvalue weighted by molar-refractivity contribution is 7.20. The van der Waals surface area contributed by atoms with Crippen molar-refractivity contribution in [3.05, 3.63) is 32.0 Å². The van der Waals surface area contributed by atoms with E-state index in [0.717, 1.165) is 21.9 Å². The summed E-state index contributed by atoms with van der Waals surface area (Å²) in [5.74, 6) is -0.220. The van der Waals surface area contributed by atoms with Gasteiger partial charge in [-0.25, -0.2) is 4.98 Å². The van der Waals surface area contributed by atoms with Gasteiger partial charge in [-0.2, -0.15) is 0 Å². The van der Waals surface area contributed by atoms with Crippen molar-refractivity contribution in [2.75, 3.05) is 7.11 Å². The smallest absolute Gasteiger partial charge is 0.305 e. The number of aryl methyl sites for hydroxylation is 1. The number of thiophene rings is 1. The minimum atomic E-state index is -0.220. The summed E-state index contributed by atoms with van der Waals surface area (Å²) in [5.41, 5.74) is 2.65. The average molecular weight is 361 g/mol. The third-order valence-electron chi connectivity index (χ3n) is 3.03. The lowest BCUT2D eigenvalue weighted by Gasteiger charge is -1.98. The van der Waals surface area contributed by atoms with Gasteiger partial charge < -0.3 is 4.74 Å². The number of ether oxygens (including phenoxy) is 1. The number of rotatable bonds is 4. The van der Waals surface area contributed by atoms with E-state index in [1.807, 2.05) is 22.0 Å². The van der Waals surface area contributed by atoms with Crippen LogP contribution in [0.1, 0.15) is 12.1 Å². The number of fused-ring (bicyclic) bond motifs is 1. The molecule has 0 aliphatic heterocycles.